The van der Waals surface area contributed by atoms with Crippen LogP contribution in [0.4, 0.5) is 50.1 Å². The van der Waals surface area contributed by atoms with Crippen molar-refractivity contribution in [3.05, 3.63) is 58.3 Å². The number of benzene rings is 1. The third kappa shape index (κ3) is 7.47. The summed E-state index contributed by atoms with van der Waals surface area (Å²) in [7, 11) is 0. The van der Waals surface area contributed by atoms with E-state index in [1.807, 2.05) is 0 Å². The van der Waals surface area contributed by atoms with Gasteiger partial charge in [-0.1, -0.05) is 0 Å². The second kappa shape index (κ2) is 12.3. The number of hydrogen-bond acceptors (Lipinski definition) is 6. The van der Waals surface area contributed by atoms with Crippen molar-refractivity contribution >= 4 is 17.9 Å². The fourth-order valence-electron chi connectivity index (χ4n) is 5.19. The molecular weight excluding hydrogens is 617 g/mol. The third-order valence-electron chi connectivity index (χ3n) is 7.41. The van der Waals surface area contributed by atoms with Crippen molar-refractivity contribution in [3.8, 4) is 0 Å². The van der Waals surface area contributed by atoms with Crippen LogP contribution in [0, 0.1) is 0 Å². The van der Waals surface area contributed by atoms with Gasteiger partial charge in [-0.15, -0.1) is 0 Å². The summed E-state index contributed by atoms with van der Waals surface area (Å²) in [6.45, 7) is 1.07. The Balaban J connectivity index is 1.74. The highest BCUT2D eigenvalue weighted by atomic mass is 19.4. The zero-order chi connectivity index (χ0) is 32.6. The molecule has 2 aliphatic rings. The Kier molecular flexibility index (Phi) is 9.28. The number of rotatable bonds is 8. The van der Waals surface area contributed by atoms with Crippen molar-refractivity contribution < 1.29 is 63.7 Å². The number of carboxylic acid groups (broad SMARTS) is 1. The number of carbonyl (C=O) groups is 2. The number of amides is 1. The first-order valence-corrected chi connectivity index (χ1v) is 13.2. The third-order valence-corrected chi connectivity index (χ3v) is 7.41. The first-order valence-electron chi connectivity index (χ1n) is 13.2. The zero-order valence-corrected chi connectivity index (χ0v) is 22.9. The zero-order valence-electron chi connectivity index (χ0n) is 22.9. The molecule has 3 heterocycles. The van der Waals surface area contributed by atoms with Gasteiger partial charge in [0, 0.05) is 37.6 Å². The molecule has 0 spiro atoms. The number of hydrogen-bond donors (Lipinski definition) is 1. The van der Waals surface area contributed by atoms with Crippen LogP contribution < -0.4 is 4.90 Å². The van der Waals surface area contributed by atoms with Crippen LogP contribution in [0.2, 0.25) is 0 Å². The molecule has 0 radical (unpaired) electrons. The average molecular weight is 644 g/mol. The lowest BCUT2D eigenvalue weighted by Crippen LogP contribution is -2.42. The Bertz CT molecular complexity index is 1340. The van der Waals surface area contributed by atoms with E-state index in [-0.39, 0.29) is 43.2 Å². The molecular formula is C27H26F9N3O5. The number of pyridine rings is 1. The lowest BCUT2D eigenvalue weighted by Gasteiger charge is -2.36. The van der Waals surface area contributed by atoms with E-state index in [4.69, 9.17) is 9.47 Å². The van der Waals surface area contributed by atoms with E-state index in [0.717, 1.165) is 11.0 Å². The van der Waals surface area contributed by atoms with Gasteiger partial charge in [-0.05, 0) is 49.6 Å². The van der Waals surface area contributed by atoms with Gasteiger partial charge in [-0.3, -0.25) is 9.69 Å². The van der Waals surface area contributed by atoms with Crippen LogP contribution in [0.25, 0.3) is 0 Å². The molecule has 1 amide bonds. The smallest absolute Gasteiger partial charge is 0.417 e. The summed E-state index contributed by atoms with van der Waals surface area (Å²) >= 11 is 0. The first kappa shape index (κ1) is 33.1. The lowest BCUT2D eigenvalue weighted by molar-refractivity contribution is -0.143. The average Bonchev–Trinajstić information content (AvgIpc) is 3.21. The molecule has 2 fully saturated rings. The van der Waals surface area contributed by atoms with Crippen LogP contribution in [0.3, 0.4) is 0 Å². The molecule has 2 saturated heterocycles. The Labute approximate surface area is 244 Å². The molecule has 1 aromatic carbocycles. The van der Waals surface area contributed by atoms with Gasteiger partial charge in [0.15, 0.2) is 0 Å². The molecule has 44 heavy (non-hydrogen) atoms. The van der Waals surface area contributed by atoms with Crippen LogP contribution in [-0.4, -0.2) is 58.9 Å². The number of nitrogens with zero attached hydrogens (tertiary/aromatic N) is 3. The van der Waals surface area contributed by atoms with Gasteiger partial charge in [0.1, 0.15) is 11.9 Å². The van der Waals surface area contributed by atoms with Crippen LogP contribution in [0.5, 0.6) is 0 Å². The maximum atomic E-state index is 13.7. The SMILES string of the molecule is C[C@H]1[C@@H](c2cc(C(F)(F)F)cc(C(F)(F)F)c2)OC(=O)N1Cc1cc(C(F)(F)F)cnc1N(CCC(=O)O)C1CCOCC1. The van der Waals surface area contributed by atoms with Crippen molar-refractivity contribution in [2.75, 3.05) is 24.7 Å². The van der Waals surface area contributed by atoms with E-state index < -0.39 is 78.0 Å². The molecule has 8 nitrogen and oxygen atoms in total. The summed E-state index contributed by atoms with van der Waals surface area (Å²) in [5.41, 5.74) is -5.23. The van der Waals surface area contributed by atoms with Gasteiger partial charge in [-0.25, -0.2) is 9.78 Å². The predicted molar refractivity (Wildman–Crippen MR) is 133 cm³/mol. The quantitative estimate of drug-likeness (QED) is 0.321. The number of cyclic esters (lactones) is 1. The minimum Gasteiger partial charge on any atom is -0.481 e. The molecule has 2 aliphatic heterocycles. The topological polar surface area (TPSA) is 92.2 Å². The Morgan fingerprint density at radius 3 is 2.05 bits per heavy atom. The number of aliphatic carboxylic acids is 1. The summed E-state index contributed by atoms with van der Waals surface area (Å²) in [6.07, 6.45) is -17.1. The number of ether oxygens (including phenoxy) is 2. The van der Waals surface area contributed by atoms with Gasteiger partial charge in [0.25, 0.3) is 0 Å². The molecule has 0 unspecified atom stereocenters. The molecule has 2 aromatic rings. The highest BCUT2D eigenvalue weighted by Gasteiger charge is 2.44. The maximum Gasteiger partial charge on any atom is 0.417 e. The van der Waals surface area contributed by atoms with E-state index in [9.17, 15) is 54.2 Å². The number of alkyl halides is 9. The number of aromatic nitrogens is 1. The predicted octanol–water partition coefficient (Wildman–Crippen LogP) is 6.68. The largest absolute Gasteiger partial charge is 0.481 e. The Morgan fingerprint density at radius 1 is 0.955 bits per heavy atom. The standard InChI is InChI=1S/C27H26F9N3O5/c1-14-22(15-8-17(25(28,29)30)11-18(9-15)26(31,32)33)44-24(42)39(14)13-16-10-19(27(34,35)36)12-37-23(16)38(5-2-21(40)41)20-3-6-43-7-4-20/h8-12,14,20,22H,2-7,13H2,1H3,(H,40,41)/t14-,22-/m0/s1. The van der Waals surface area contributed by atoms with Crippen molar-refractivity contribution in [2.24, 2.45) is 0 Å². The minimum atomic E-state index is -5.16. The molecule has 1 N–H and O–H groups in total. The molecule has 0 saturated carbocycles. The number of halogens is 9. The summed E-state index contributed by atoms with van der Waals surface area (Å²) in [5, 5.41) is 9.27. The normalized spacial score (nSPS) is 20.1. The van der Waals surface area contributed by atoms with Crippen molar-refractivity contribution in [1.29, 1.82) is 0 Å². The van der Waals surface area contributed by atoms with Crippen LogP contribution in [-0.2, 0) is 39.3 Å². The summed E-state index contributed by atoms with van der Waals surface area (Å²) in [4.78, 5) is 30.7. The molecule has 242 valence electrons. The Hall–Kier alpha value is -3.76. The summed E-state index contributed by atoms with van der Waals surface area (Å²) in [5.74, 6) is -1.25. The second-order valence-corrected chi connectivity index (χ2v) is 10.4. The second-order valence-electron chi connectivity index (χ2n) is 10.4. The highest BCUT2D eigenvalue weighted by Crippen LogP contribution is 2.42. The van der Waals surface area contributed by atoms with E-state index in [0.29, 0.717) is 31.2 Å². The molecule has 17 heteroatoms. The number of carboxylic acids is 1. The monoisotopic (exact) mass is 643 g/mol. The molecule has 1 aromatic heterocycles. The van der Waals surface area contributed by atoms with E-state index in [2.05, 4.69) is 4.98 Å². The lowest BCUT2D eigenvalue weighted by atomic mass is 9.97. The van der Waals surface area contributed by atoms with E-state index >= 15 is 0 Å². The maximum absolute atomic E-state index is 13.7. The van der Waals surface area contributed by atoms with E-state index in [1.54, 1.807) is 0 Å². The van der Waals surface area contributed by atoms with Gasteiger partial charge >= 0.3 is 30.6 Å². The van der Waals surface area contributed by atoms with Gasteiger partial charge in [-0.2, -0.15) is 39.5 Å². The van der Waals surface area contributed by atoms with Gasteiger partial charge < -0.3 is 19.5 Å². The molecule has 0 bridgehead atoms. The van der Waals surface area contributed by atoms with Gasteiger partial charge in [0.05, 0.1) is 35.7 Å². The number of carbonyl (C=O) groups excluding carboxylic acids is 1. The first-order chi connectivity index (χ1) is 20.4. The van der Waals surface area contributed by atoms with Crippen molar-refractivity contribution in [3.63, 3.8) is 0 Å². The Morgan fingerprint density at radius 2 is 1.52 bits per heavy atom. The molecule has 2 atom stereocenters. The van der Waals surface area contributed by atoms with E-state index in [1.165, 1.54) is 11.8 Å². The minimum absolute atomic E-state index is 0.0620. The van der Waals surface area contributed by atoms with Crippen molar-refractivity contribution in [2.45, 2.75) is 69.4 Å². The fraction of sp³-hybridized carbons (Fsp3) is 0.519. The summed E-state index contributed by atoms with van der Waals surface area (Å²) in [6, 6.07) is -0.135. The van der Waals surface area contributed by atoms with Crippen LogP contribution >= 0.6 is 0 Å². The van der Waals surface area contributed by atoms with Crippen LogP contribution in [0.15, 0.2) is 30.5 Å². The summed E-state index contributed by atoms with van der Waals surface area (Å²) < 4.78 is 132. The van der Waals surface area contributed by atoms with Crippen LogP contribution in [0.1, 0.15) is 60.1 Å². The highest BCUT2D eigenvalue weighted by molar-refractivity contribution is 5.72. The number of anilines is 1. The molecule has 4 rings (SSSR count). The molecule has 0 aliphatic carbocycles. The fourth-order valence-corrected chi connectivity index (χ4v) is 5.19. The van der Waals surface area contributed by atoms with Gasteiger partial charge in [0.2, 0.25) is 0 Å². The van der Waals surface area contributed by atoms with Crippen molar-refractivity contribution in [1.82, 2.24) is 9.88 Å².